The minimum absolute atomic E-state index is 0.345. The number of alkyl halides is 1. The molecular weight excluding hydrogens is 312 g/mol. The summed E-state index contributed by atoms with van der Waals surface area (Å²) in [6.07, 6.45) is 0. The second kappa shape index (κ2) is 6.15. The van der Waals surface area contributed by atoms with Crippen LogP contribution in [0.3, 0.4) is 0 Å². The van der Waals surface area contributed by atoms with Crippen molar-refractivity contribution in [2.24, 2.45) is 0 Å². The Bertz CT molecular complexity index is 572. The van der Waals surface area contributed by atoms with Crippen LogP contribution in [0.15, 0.2) is 42.5 Å². The van der Waals surface area contributed by atoms with Gasteiger partial charge in [-0.15, -0.1) is 0 Å². The lowest BCUT2D eigenvalue weighted by Crippen LogP contribution is -2.18. The lowest BCUT2D eigenvalue weighted by molar-refractivity contribution is 0.613. The summed E-state index contributed by atoms with van der Waals surface area (Å²) in [6.45, 7) is 2.36. The number of hydrogen-bond acceptors (Lipinski definition) is 1. The standard InChI is InChI=1S/C15H14BrF2N/c1-2-19(14-6-4-3-5-12(14)17)15-8-7-11(10-16)9-13(15)18/h3-9H,2,10H2,1H3. The molecule has 0 aliphatic heterocycles. The Hall–Kier alpha value is -1.42. The zero-order valence-electron chi connectivity index (χ0n) is 10.5. The molecule has 0 radical (unpaired) electrons. The maximum Gasteiger partial charge on any atom is 0.147 e. The number of anilines is 2. The van der Waals surface area contributed by atoms with Crippen LogP contribution in [0.5, 0.6) is 0 Å². The van der Waals surface area contributed by atoms with Crippen molar-refractivity contribution < 1.29 is 8.78 Å². The Kier molecular flexibility index (Phi) is 4.53. The van der Waals surface area contributed by atoms with Gasteiger partial charge in [-0.1, -0.05) is 34.1 Å². The van der Waals surface area contributed by atoms with Crippen LogP contribution in [0.4, 0.5) is 20.2 Å². The van der Waals surface area contributed by atoms with E-state index in [9.17, 15) is 8.78 Å². The fourth-order valence-electron chi connectivity index (χ4n) is 1.99. The average Bonchev–Trinajstić information content (AvgIpc) is 2.43. The van der Waals surface area contributed by atoms with Crippen LogP contribution < -0.4 is 4.90 Å². The van der Waals surface area contributed by atoms with E-state index in [0.29, 0.717) is 23.2 Å². The van der Waals surface area contributed by atoms with Crippen LogP contribution >= 0.6 is 15.9 Å². The minimum atomic E-state index is -0.353. The first-order chi connectivity index (χ1) is 9.17. The van der Waals surface area contributed by atoms with Crippen molar-refractivity contribution in [3.8, 4) is 0 Å². The van der Waals surface area contributed by atoms with Crippen molar-refractivity contribution >= 4 is 27.3 Å². The molecule has 2 aromatic rings. The van der Waals surface area contributed by atoms with Crippen molar-refractivity contribution in [1.82, 2.24) is 0 Å². The van der Waals surface area contributed by atoms with Crippen molar-refractivity contribution in [2.75, 3.05) is 11.4 Å². The van der Waals surface area contributed by atoms with Crippen molar-refractivity contribution in [3.05, 3.63) is 59.7 Å². The van der Waals surface area contributed by atoms with Gasteiger partial charge >= 0.3 is 0 Å². The normalized spacial score (nSPS) is 10.5. The highest BCUT2D eigenvalue weighted by Crippen LogP contribution is 2.30. The summed E-state index contributed by atoms with van der Waals surface area (Å²) in [5, 5.41) is 0.593. The topological polar surface area (TPSA) is 3.24 Å². The van der Waals surface area contributed by atoms with Crippen LogP contribution in [0.1, 0.15) is 12.5 Å². The second-order valence-electron chi connectivity index (χ2n) is 4.12. The number of rotatable bonds is 4. The molecule has 0 aliphatic rings. The molecule has 0 aliphatic carbocycles. The summed E-state index contributed by atoms with van der Waals surface area (Å²) in [7, 11) is 0. The molecular formula is C15H14BrF2N. The van der Waals surface area contributed by atoms with Crippen LogP contribution in [0.25, 0.3) is 0 Å². The highest BCUT2D eigenvalue weighted by molar-refractivity contribution is 9.08. The first-order valence-corrected chi connectivity index (χ1v) is 7.16. The zero-order valence-corrected chi connectivity index (χ0v) is 12.1. The maximum atomic E-state index is 14.1. The van der Waals surface area contributed by atoms with Gasteiger partial charge in [0.1, 0.15) is 11.6 Å². The Balaban J connectivity index is 2.46. The third-order valence-corrected chi connectivity index (χ3v) is 3.56. The highest BCUT2D eigenvalue weighted by atomic mass is 79.9. The number of benzene rings is 2. The maximum absolute atomic E-state index is 14.1. The number of hydrogen-bond donors (Lipinski definition) is 0. The molecule has 0 spiro atoms. The third-order valence-electron chi connectivity index (χ3n) is 2.92. The van der Waals surface area contributed by atoms with E-state index in [1.54, 1.807) is 29.2 Å². The van der Waals surface area contributed by atoms with Crippen molar-refractivity contribution in [3.63, 3.8) is 0 Å². The van der Waals surface area contributed by atoms with E-state index in [0.717, 1.165) is 5.56 Å². The summed E-state index contributed by atoms with van der Waals surface area (Å²) in [4.78, 5) is 1.63. The first-order valence-electron chi connectivity index (χ1n) is 6.03. The molecule has 0 aromatic heterocycles. The van der Waals surface area contributed by atoms with Crippen molar-refractivity contribution in [1.29, 1.82) is 0 Å². The molecule has 0 saturated heterocycles. The van der Waals surface area contributed by atoms with E-state index in [1.165, 1.54) is 12.1 Å². The summed E-state index contributed by atoms with van der Waals surface area (Å²) in [5.41, 5.74) is 1.62. The molecule has 0 fully saturated rings. The van der Waals surface area contributed by atoms with E-state index in [2.05, 4.69) is 15.9 Å². The highest BCUT2D eigenvalue weighted by Gasteiger charge is 2.15. The van der Waals surface area contributed by atoms with Gasteiger partial charge in [-0.25, -0.2) is 8.78 Å². The molecule has 0 heterocycles. The Morgan fingerprint density at radius 2 is 1.68 bits per heavy atom. The third kappa shape index (κ3) is 2.95. The molecule has 19 heavy (non-hydrogen) atoms. The predicted molar refractivity (Wildman–Crippen MR) is 78.1 cm³/mol. The Morgan fingerprint density at radius 3 is 2.26 bits per heavy atom. The molecule has 0 bridgehead atoms. The molecule has 0 N–H and O–H groups in total. The summed E-state index contributed by atoms with van der Waals surface area (Å²) in [5.74, 6) is -0.699. The van der Waals surface area contributed by atoms with Crippen LogP contribution in [-0.4, -0.2) is 6.54 Å². The second-order valence-corrected chi connectivity index (χ2v) is 4.68. The van der Waals surface area contributed by atoms with Gasteiger partial charge in [0.25, 0.3) is 0 Å². The molecule has 100 valence electrons. The van der Waals surface area contributed by atoms with Crippen LogP contribution in [-0.2, 0) is 5.33 Å². The van der Waals surface area contributed by atoms with E-state index in [-0.39, 0.29) is 11.6 Å². The smallest absolute Gasteiger partial charge is 0.147 e. The number of nitrogens with zero attached hydrogens (tertiary/aromatic N) is 1. The SMILES string of the molecule is CCN(c1ccccc1F)c1ccc(CBr)cc1F. The quantitative estimate of drug-likeness (QED) is 0.713. The van der Waals surface area contributed by atoms with Gasteiger partial charge in [0.2, 0.25) is 0 Å². The molecule has 0 amide bonds. The van der Waals surface area contributed by atoms with Gasteiger partial charge in [0, 0.05) is 11.9 Å². The lowest BCUT2D eigenvalue weighted by Gasteiger charge is -2.24. The molecule has 0 saturated carbocycles. The zero-order chi connectivity index (χ0) is 13.8. The van der Waals surface area contributed by atoms with Gasteiger partial charge in [0.15, 0.2) is 0 Å². The van der Waals surface area contributed by atoms with Gasteiger partial charge in [-0.05, 0) is 36.8 Å². The molecule has 1 nitrogen and oxygen atoms in total. The van der Waals surface area contributed by atoms with Gasteiger partial charge in [-0.3, -0.25) is 0 Å². The van der Waals surface area contributed by atoms with E-state index in [1.807, 2.05) is 13.0 Å². The summed E-state index contributed by atoms with van der Waals surface area (Å²) >= 11 is 3.29. The first kappa shape index (κ1) is 14.0. The van der Waals surface area contributed by atoms with Gasteiger partial charge in [-0.2, -0.15) is 0 Å². The Morgan fingerprint density at radius 1 is 1.00 bits per heavy atom. The van der Waals surface area contributed by atoms with Gasteiger partial charge < -0.3 is 4.90 Å². The number of para-hydroxylation sites is 1. The van der Waals surface area contributed by atoms with Crippen LogP contribution in [0, 0.1) is 11.6 Å². The van der Waals surface area contributed by atoms with E-state index in [4.69, 9.17) is 0 Å². The monoisotopic (exact) mass is 325 g/mol. The fraction of sp³-hybridized carbons (Fsp3) is 0.200. The fourth-order valence-corrected chi connectivity index (χ4v) is 2.34. The van der Waals surface area contributed by atoms with Gasteiger partial charge in [0.05, 0.1) is 11.4 Å². The largest absolute Gasteiger partial charge is 0.337 e. The van der Waals surface area contributed by atoms with E-state index < -0.39 is 0 Å². The molecule has 2 rings (SSSR count). The van der Waals surface area contributed by atoms with E-state index >= 15 is 0 Å². The van der Waals surface area contributed by atoms with Crippen molar-refractivity contribution in [2.45, 2.75) is 12.3 Å². The molecule has 4 heteroatoms. The van der Waals surface area contributed by atoms with Crippen LogP contribution in [0.2, 0.25) is 0 Å². The molecule has 0 atom stereocenters. The average molecular weight is 326 g/mol. The predicted octanol–water partition coefficient (Wildman–Crippen LogP) is 5.02. The minimum Gasteiger partial charge on any atom is -0.337 e. The molecule has 0 unspecified atom stereocenters. The molecule has 2 aromatic carbocycles. The summed E-state index contributed by atoms with van der Waals surface area (Å²) in [6, 6.07) is 11.4. The lowest BCUT2D eigenvalue weighted by atomic mass is 10.2. The Labute approximate surface area is 120 Å². The summed E-state index contributed by atoms with van der Waals surface area (Å²) < 4.78 is 27.9. The number of halogens is 3.